The highest BCUT2D eigenvalue weighted by molar-refractivity contribution is 7.09. The first-order valence-electron chi connectivity index (χ1n) is 5.13. The van der Waals surface area contributed by atoms with Gasteiger partial charge in [0.1, 0.15) is 18.1 Å². The van der Waals surface area contributed by atoms with E-state index in [0.29, 0.717) is 23.7 Å². The molecule has 5 heteroatoms. The number of fused-ring (bicyclic) bond motifs is 1. The molecule has 2 heterocycles. The molecule has 0 unspecified atom stereocenters. The fourth-order valence-electron chi connectivity index (χ4n) is 1.63. The van der Waals surface area contributed by atoms with E-state index in [0.717, 1.165) is 4.88 Å². The van der Waals surface area contributed by atoms with E-state index in [4.69, 9.17) is 9.47 Å². The number of ketones is 1. The van der Waals surface area contributed by atoms with Crippen molar-refractivity contribution in [2.75, 3.05) is 6.61 Å². The average Bonchev–Trinajstić information content (AvgIpc) is 2.97. The zero-order valence-corrected chi connectivity index (χ0v) is 9.70. The highest BCUT2D eigenvalue weighted by atomic mass is 32.1. The van der Waals surface area contributed by atoms with Gasteiger partial charge in [0.05, 0.1) is 16.0 Å². The van der Waals surface area contributed by atoms with E-state index in [-0.39, 0.29) is 12.4 Å². The Morgan fingerprint density at radius 1 is 1.47 bits per heavy atom. The van der Waals surface area contributed by atoms with Crippen LogP contribution in [0.4, 0.5) is 0 Å². The van der Waals surface area contributed by atoms with Crippen molar-refractivity contribution in [3.05, 3.63) is 40.3 Å². The predicted octanol–water partition coefficient (Wildman–Crippen LogP) is 2.30. The van der Waals surface area contributed by atoms with Crippen molar-refractivity contribution in [3.63, 3.8) is 0 Å². The number of nitrogens with zero attached hydrogens (tertiary/aromatic N) is 1. The van der Waals surface area contributed by atoms with Crippen LogP contribution in [0.5, 0.6) is 11.5 Å². The number of carbonyl (C=O) groups excluding carboxylic acids is 1. The van der Waals surface area contributed by atoms with Gasteiger partial charge in [-0.05, 0) is 12.1 Å². The average molecular weight is 247 g/mol. The third-order valence-corrected chi connectivity index (χ3v) is 3.23. The molecule has 0 N–H and O–H groups in total. The summed E-state index contributed by atoms with van der Waals surface area (Å²) in [5.74, 6) is 1.33. The van der Waals surface area contributed by atoms with Gasteiger partial charge in [-0.2, -0.15) is 0 Å². The van der Waals surface area contributed by atoms with Gasteiger partial charge in [-0.3, -0.25) is 9.78 Å². The number of benzene rings is 1. The number of carbonyl (C=O) groups is 1. The highest BCUT2D eigenvalue weighted by Gasteiger charge is 2.21. The molecule has 4 nitrogen and oxygen atoms in total. The lowest BCUT2D eigenvalue weighted by atomic mass is 10.1. The van der Waals surface area contributed by atoms with Crippen LogP contribution < -0.4 is 9.47 Å². The summed E-state index contributed by atoms with van der Waals surface area (Å²) in [6.07, 6.45) is 1.78. The third-order valence-electron chi connectivity index (χ3n) is 2.48. The second-order valence-corrected chi connectivity index (χ2v) is 4.60. The lowest BCUT2D eigenvalue weighted by molar-refractivity contribution is 0.0961. The minimum Gasteiger partial charge on any atom is -0.488 e. The van der Waals surface area contributed by atoms with Crippen LogP contribution in [0.15, 0.2) is 29.9 Å². The standard InChI is InChI=1S/C12H9NO3S/c14-11-6-16-12-3-8(1-2-10(11)12)15-5-9-4-13-7-17-9/h1-4,7H,5-6H2. The van der Waals surface area contributed by atoms with Gasteiger partial charge in [-0.25, -0.2) is 0 Å². The SMILES string of the molecule is O=C1COc2cc(OCc3cncs3)ccc21. The van der Waals surface area contributed by atoms with Gasteiger partial charge in [-0.1, -0.05) is 0 Å². The number of thiazole rings is 1. The Hall–Kier alpha value is -1.88. The Bertz CT molecular complexity index is 551. The van der Waals surface area contributed by atoms with Gasteiger partial charge in [-0.15, -0.1) is 11.3 Å². The second kappa shape index (κ2) is 4.18. The first kappa shape index (κ1) is 10.3. The topological polar surface area (TPSA) is 48.4 Å². The fourth-order valence-corrected chi connectivity index (χ4v) is 2.14. The van der Waals surface area contributed by atoms with Crippen molar-refractivity contribution in [1.29, 1.82) is 0 Å². The maximum absolute atomic E-state index is 11.3. The van der Waals surface area contributed by atoms with Gasteiger partial charge < -0.3 is 9.47 Å². The van der Waals surface area contributed by atoms with E-state index in [1.807, 2.05) is 0 Å². The summed E-state index contributed by atoms with van der Waals surface area (Å²) in [6.45, 7) is 0.616. The van der Waals surface area contributed by atoms with Crippen molar-refractivity contribution in [2.45, 2.75) is 6.61 Å². The quantitative estimate of drug-likeness (QED) is 0.835. The molecular formula is C12H9NO3S. The normalized spacial score (nSPS) is 13.3. The van der Waals surface area contributed by atoms with Crippen molar-refractivity contribution < 1.29 is 14.3 Å². The van der Waals surface area contributed by atoms with Crippen LogP contribution in [0.25, 0.3) is 0 Å². The van der Waals surface area contributed by atoms with E-state index in [9.17, 15) is 4.79 Å². The molecule has 0 aliphatic carbocycles. The summed E-state index contributed by atoms with van der Waals surface area (Å²) in [7, 11) is 0. The van der Waals surface area contributed by atoms with Crippen molar-refractivity contribution in [2.24, 2.45) is 0 Å². The molecule has 0 atom stereocenters. The molecule has 1 aliphatic heterocycles. The van der Waals surface area contributed by atoms with Gasteiger partial charge in [0.2, 0.25) is 5.78 Å². The molecule has 1 aromatic heterocycles. The molecule has 1 aromatic carbocycles. The van der Waals surface area contributed by atoms with Crippen LogP contribution in [0.3, 0.4) is 0 Å². The summed E-state index contributed by atoms with van der Waals surface area (Å²) in [5.41, 5.74) is 2.40. The summed E-state index contributed by atoms with van der Waals surface area (Å²) >= 11 is 1.55. The zero-order valence-electron chi connectivity index (χ0n) is 8.88. The molecule has 3 rings (SSSR count). The highest BCUT2D eigenvalue weighted by Crippen LogP contribution is 2.29. The van der Waals surface area contributed by atoms with Crippen LogP contribution in [0.2, 0.25) is 0 Å². The largest absolute Gasteiger partial charge is 0.488 e. The summed E-state index contributed by atoms with van der Waals surface area (Å²) in [4.78, 5) is 16.4. The summed E-state index contributed by atoms with van der Waals surface area (Å²) in [6, 6.07) is 5.28. The fraction of sp³-hybridized carbons (Fsp3) is 0.167. The minimum atomic E-state index is 0.0222. The van der Waals surface area contributed by atoms with Gasteiger partial charge in [0, 0.05) is 12.3 Å². The van der Waals surface area contributed by atoms with Crippen LogP contribution >= 0.6 is 11.3 Å². The zero-order chi connectivity index (χ0) is 11.7. The molecule has 17 heavy (non-hydrogen) atoms. The molecule has 0 spiro atoms. The Morgan fingerprint density at radius 3 is 3.24 bits per heavy atom. The number of aromatic nitrogens is 1. The molecule has 0 amide bonds. The molecule has 0 saturated heterocycles. The first-order chi connectivity index (χ1) is 8.33. The summed E-state index contributed by atoms with van der Waals surface area (Å²) in [5, 5.41) is 0. The Kier molecular flexibility index (Phi) is 2.53. The number of hydrogen-bond donors (Lipinski definition) is 0. The monoisotopic (exact) mass is 247 g/mol. The van der Waals surface area contributed by atoms with Gasteiger partial charge in [0.25, 0.3) is 0 Å². The molecule has 0 radical (unpaired) electrons. The Balaban J connectivity index is 1.74. The van der Waals surface area contributed by atoms with Gasteiger partial charge in [0.15, 0.2) is 6.61 Å². The maximum Gasteiger partial charge on any atom is 0.203 e. The second-order valence-electron chi connectivity index (χ2n) is 3.63. The lowest BCUT2D eigenvalue weighted by Crippen LogP contribution is -1.98. The van der Waals surface area contributed by atoms with E-state index in [2.05, 4.69) is 4.98 Å². The first-order valence-corrected chi connectivity index (χ1v) is 6.01. The minimum absolute atomic E-state index is 0.0222. The molecule has 2 aromatic rings. The van der Waals surface area contributed by atoms with E-state index < -0.39 is 0 Å². The lowest BCUT2D eigenvalue weighted by Gasteiger charge is -2.05. The summed E-state index contributed by atoms with van der Waals surface area (Å²) < 4.78 is 10.8. The number of Topliss-reactive ketones (excluding diaryl/α,β-unsaturated/α-hetero) is 1. The third kappa shape index (κ3) is 2.01. The smallest absolute Gasteiger partial charge is 0.203 e. The van der Waals surface area contributed by atoms with E-state index >= 15 is 0 Å². The van der Waals surface area contributed by atoms with Crippen molar-refractivity contribution >= 4 is 17.1 Å². The van der Waals surface area contributed by atoms with Crippen molar-refractivity contribution in [3.8, 4) is 11.5 Å². The number of rotatable bonds is 3. The molecule has 86 valence electrons. The van der Waals surface area contributed by atoms with Crippen LogP contribution in [0, 0.1) is 0 Å². The van der Waals surface area contributed by atoms with Crippen LogP contribution in [-0.2, 0) is 6.61 Å². The van der Waals surface area contributed by atoms with E-state index in [1.165, 1.54) is 0 Å². The van der Waals surface area contributed by atoms with Gasteiger partial charge >= 0.3 is 0 Å². The van der Waals surface area contributed by atoms with Crippen LogP contribution in [0.1, 0.15) is 15.2 Å². The van der Waals surface area contributed by atoms with E-state index in [1.54, 1.807) is 41.2 Å². The molecule has 0 bridgehead atoms. The number of ether oxygens (including phenoxy) is 2. The Morgan fingerprint density at radius 2 is 2.41 bits per heavy atom. The molecule has 0 fully saturated rings. The molecular weight excluding hydrogens is 238 g/mol. The van der Waals surface area contributed by atoms with Crippen molar-refractivity contribution in [1.82, 2.24) is 4.98 Å². The van der Waals surface area contributed by atoms with Crippen LogP contribution in [-0.4, -0.2) is 17.4 Å². The molecule has 1 aliphatic rings. The maximum atomic E-state index is 11.3. The molecule has 0 saturated carbocycles. The predicted molar refractivity (Wildman–Crippen MR) is 62.7 cm³/mol. The Labute approximate surface area is 102 Å². The number of hydrogen-bond acceptors (Lipinski definition) is 5.